The van der Waals surface area contributed by atoms with Crippen LogP contribution in [0.25, 0.3) is 0 Å². The van der Waals surface area contributed by atoms with Crippen molar-refractivity contribution in [3.8, 4) is 11.6 Å². The number of nitrogens with zero attached hydrogens (tertiary/aromatic N) is 2. The van der Waals surface area contributed by atoms with Crippen molar-refractivity contribution in [1.29, 1.82) is 0 Å². The van der Waals surface area contributed by atoms with Crippen LogP contribution in [-0.4, -0.2) is 28.8 Å². The van der Waals surface area contributed by atoms with Crippen molar-refractivity contribution in [1.82, 2.24) is 9.97 Å². The maximum Gasteiger partial charge on any atom is 0.358 e. The zero-order valence-electron chi connectivity index (χ0n) is 11.5. The molecule has 0 saturated heterocycles. The molecule has 0 saturated carbocycles. The topological polar surface area (TPSA) is 104 Å². The molecule has 7 heteroatoms. The molecule has 0 atom stereocenters. The fourth-order valence-corrected chi connectivity index (χ4v) is 1.62. The summed E-state index contributed by atoms with van der Waals surface area (Å²) in [5.74, 6) is -0.468. The normalized spacial score (nSPS) is 10.0. The SMILES string of the molecule is COC(=O)c1cncc(Oc2ccc(N)cc2C(C)=O)n1. The number of carbonyl (C=O) groups is 2. The second-order valence-electron chi connectivity index (χ2n) is 4.15. The van der Waals surface area contributed by atoms with E-state index >= 15 is 0 Å². The molecule has 0 amide bonds. The number of nitrogen functional groups attached to an aromatic ring is 1. The third kappa shape index (κ3) is 3.33. The van der Waals surface area contributed by atoms with E-state index in [4.69, 9.17) is 10.5 Å². The lowest BCUT2D eigenvalue weighted by atomic mass is 10.1. The maximum atomic E-state index is 11.6. The van der Waals surface area contributed by atoms with Gasteiger partial charge in [0.15, 0.2) is 11.5 Å². The Morgan fingerprint density at radius 3 is 2.67 bits per heavy atom. The molecule has 21 heavy (non-hydrogen) atoms. The van der Waals surface area contributed by atoms with Crippen molar-refractivity contribution in [3.05, 3.63) is 41.9 Å². The average molecular weight is 287 g/mol. The molecule has 0 unspecified atom stereocenters. The largest absolute Gasteiger partial charge is 0.464 e. The van der Waals surface area contributed by atoms with E-state index in [1.807, 2.05) is 0 Å². The molecule has 0 aliphatic heterocycles. The van der Waals surface area contributed by atoms with Crippen LogP contribution in [0, 0.1) is 0 Å². The van der Waals surface area contributed by atoms with E-state index in [0.717, 1.165) is 0 Å². The number of esters is 1. The molecule has 7 nitrogen and oxygen atoms in total. The van der Waals surface area contributed by atoms with Crippen molar-refractivity contribution < 1.29 is 19.1 Å². The van der Waals surface area contributed by atoms with E-state index in [1.54, 1.807) is 12.1 Å². The van der Waals surface area contributed by atoms with Crippen molar-refractivity contribution in [2.45, 2.75) is 6.92 Å². The summed E-state index contributed by atoms with van der Waals surface area (Å²) in [4.78, 5) is 30.8. The van der Waals surface area contributed by atoms with Crippen LogP contribution in [0.15, 0.2) is 30.6 Å². The monoisotopic (exact) mass is 287 g/mol. The number of methoxy groups -OCH3 is 1. The lowest BCUT2D eigenvalue weighted by molar-refractivity contribution is 0.0592. The summed E-state index contributed by atoms with van der Waals surface area (Å²) in [5.41, 5.74) is 6.42. The predicted octanol–water partition coefficient (Wildman–Crippen LogP) is 1.84. The van der Waals surface area contributed by atoms with Crippen LogP contribution in [0.4, 0.5) is 5.69 Å². The Hall–Kier alpha value is -2.96. The number of ether oxygens (including phenoxy) is 2. The van der Waals surface area contributed by atoms with Crippen LogP contribution in [-0.2, 0) is 4.74 Å². The molecule has 0 aliphatic carbocycles. The quantitative estimate of drug-likeness (QED) is 0.519. The molecule has 2 aromatic rings. The summed E-state index contributed by atoms with van der Waals surface area (Å²) in [5, 5.41) is 0. The molecule has 2 rings (SSSR count). The van der Waals surface area contributed by atoms with Gasteiger partial charge in [-0.15, -0.1) is 0 Å². The van der Waals surface area contributed by atoms with Gasteiger partial charge >= 0.3 is 5.97 Å². The van der Waals surface area contributed by atoms with Gasteiger partial charge in [-0.3, -0.25) is 9.78 Å². The predicted molar refractivity (Wildman–Crippen MR) is 74.3 cm³/mol. The van der Waals surface area contributed by atoms with Gasteiger partial charge in [0.1, 0.15) is 5.75 Å². The van der Waals surface area contributed by atoms with Gasteiger partial charge in [-0.1, -0.05) is 0 Å². The van der Waals surface area contributed by atoms with Crippen LogP contribution in [0.1, 0.15) is 27.8 Å². The zero-order chi connectivity index (χ0) is 15.4. The van der Waals surface area contributed by atoms with Gasteiger partial charge in [0.25, 0.3) is 0 Å². The minimum Gasteiger partial charge on any atom is -0.464 e. The Kier molecular flexibility index (Phi) is 4.13. The van der Waals surface area contributed by atoms with E-state index < -0.39 is 5.97 Å². The summed E-state index contributed by atoms with van der Waals surface area (Å²) in [7, 11) is 1.24. The Bertz CT molecular complexity index is 700. The number of rotatable bonds is 4. The maximum absolute atomic E-state index is 11.6. The van der Waals surface area contributed by atoms with Gasteiger partial charge in [-0.05, 0) is 25.1 Å². The number of nitrogens with two attached hydrogens (primary N) is 1. The Labute approximate surface area is 120 Å². The Balaban J connectivity index is 2.34. The van der Waals surface area contributed by atoms with Gasteiger partial charge in [0, 0.05) is 5.69 Å². The first-order valence-corrected chi connectivity index (χ1v) is 6.00. The highest BCUT2D eigenvalue weighted by atomic mass is 16.5. The van der Waals surface area contributed by atoms with Crippen LogP contribution in [0.3, 0.4) is 0 Å². The summed E-state index contributed by atoms with van der Waals surface area (Å²) in [6.45, 7) is 1.40. The molecule has 0 fully saturated rings. The van der Waals surface area contributed by atoms with Crippen molar-refractivity contribution in [2.24, 2.45) is 0 Å². The van der Waals surface area contributed by atoms with Crippen LogP contribution < -0.4 is 10.5 Å². The van der Waals surface area contributed by atoms with E-state index in [9.17, 15) is 9.59 Å². The van der Waals surface area contributed by atoms with E-state index in [-0.39, 0.29) is 23.1 Å². The highest BCUT2D eigenvalue weighted by molar-refractivity contribution is 5.97. The number of hydrogen-bond donors (Lipinski definition) is 1. The van der Waals surface area contributed by atoms with Crippen LogP contribution in [0.5, 0.6) is 11.6 Å². The molecule has 1 aromatic heterocycles. The number of anilines is 1. The van der Waals surface area contributed by atoms with E-state index in [1.165, 1.54) is 32.5 Å². The summed E-state index contributed by atoms with van der Waals surface area (Å²) in [6.07, 6.45) is 2.58. The smallest absolute Gasteiger partial charge is 0.358 e. The van der Waals surface area contributed by atoms with Gasteiger partial charge < -0.3 is 15.2 Å². The zero-order valence-corrected chi connectivity index (χ0v) is 11.5. The van der Waals surface area contributed by atoms with Crippen LogP contribution >= 0.6 is 0 Å². The third-order valence-corrected chi connectivity index (χ3v) is 2.60. The van der Waals surface area contributed by atoms with Crippen LogP contribution in [0.2, 0.25) is 0 Å². The second kappa shape index (κ2) is 6.00. The average Bonchev–Trinajstić information content (AvgIpc) is 2.48. The number of hydrogen-bond acceptors (Lipinski definition) is 7. The van der Waals surface area contributed by atoms with Crippen molar-refractivity contribution >= 4 is 17.4 Å². The molecule has 0 aliphatic rings. The number of Topliss-reactive ketones (excluding diaryl/α,β-unsaturated/α-hetero) is 1. The molecule has 1 heterocycles. The van der Waals surface area contributed by atoms with E-state index in [2.05, 4.69) is 14.7 Å². The lowest BCUT2D eigenvalue weighted by Gasteiger charge is -2.09. The fraction of sp³-hybridized carbons (Fsp3) is 0.143. The molecule has 1 aromatic carbocycles. The Morgan fingerprint density at radius 1 is 1.24 bits per heavy atom. The second-order valence-corrected chi connectivity index (χ2v) is 4.15. The molecule has 0 radical (unpaired) electrons. The summed E-state index contributed by atoms with van der Waals surface area (Å²) in [6, 6.07) is 4.66. The van der Waals surface area contributed by atoms with E-state index in [0.29, 0.717) is 11.3 Å². The standard InChI is InChI=1S/C14H13N3O4/c1-8(18)10-5-9(15)3-4-12(10)21-13-7-16-6-11(17-13)14(19)20-2/h3-7H,15H2,1-2H3. The number of carbonyl (C=O) groups excluding carboxylic acids is 2. The molecule has 0 bridgehead atoms. The minimum absolute atomic E-state index is 0.00909. The minimum atomic E-state index is -0.628. The first-order valence-electron chi connectivity index (χ1n) is 6.00. The first kappa shape index (κ1) is 14.4. The van der Waals surface area contributed by atoms with Gasteiger partial charge in [-0.2, -0.15) is 0 Å². The molecular formula is C14H13N3O4. The Morgan fingerprint density at radius 2 is 2.00 bits per heavy atom. The third-order valence-electron chi connectivity index (χ3n) is 2.60. The summed E-state index contributed by atoms with van der Waals surface area (Å²) >= 11 is 0. The molecule has 0 spiro atoms. The summed E-state index contributed by atoms with van der Waals surface area (Å²) < 4.78 is 10.1. The van der Waals surface area contributed by atoms with Gasteiger partial charge in [-0.25, -0.2) is 9.78 Å². The first-order chi connectivity index (χ1) is 10.0. The molecule has 2 N–H and O–H groups in total. The van der Waals surface area contributed by atoms with Crippen molar-refractivity contribution in [2.75, 3.05) is 12.8 Å². The number of benzene rings is 1. The number of ketones is 1. The highest BCUT2D eigenvalue weighted by Crippen LogP contribution is 2.26. The lowest BCUT2D eigenvalue weighted by Crippen LogP contribution is -2.06. The number of aromatic nitrogens is 2. The molecule has 108 valence electrons. The van der Waals surface area contributed by atoms with Gasteiger partial charge in [0.2, 0.25) is 5.88 Å². The van der Waals surface area contributed by atoms with Gasteiger partial charge in [0.05, 0.1) is 25.1 Å². The highest BCUT2D eigenvalue weighted by Gasteiger charge is 2.13. The van der Waals surface area contributed by atoms with Crippen molar-refractivity contribution in [3.63, 3.8) is 0 Å². The fourth-order valence-electron chi connectivity index (χ4n) is 1.62. The molecular weight excluding hydrogens is 274 g/mol.